The predicted molar refractivity (Wildman–Crippen MR) is 324 cm³/mol. The van der Waals surface area contributed by atoms with Crippen molar-refractivity contribution in [3.8, 4) is 0 Å². The molecule has 0 nitrogen and oxygen atoms in total. The lowest BCUT2D eigenvalue weighted by atomic mass is 9.61. The second-order valence-electron chi connectivity index (χ2n) is 24.1. The first-order valence-corrected chi connectivity index (χ1v) is 32.3. The Morgan fingerprint density at radius 1 is 0.662 bits per heavy atom. The average Bonchev–Trinajstić information content (AvgIpc) is 3.41. The molecule has 0 N–H and O–H groups in total. The Bertz CT molecular complexity index is 1470. The van der Waals surface area contributed by atoms with Crippen LogP contribution in [0.5, 0.6) is 0 Å². The maximum Gasteiger partial charge on any atom is 0.00101 e. The van der Waals surface area contributed by atoms with Gasteiger partial charge in [-0.25, -0.2) is 0 Å². The van der Waals surface area contributed by atoms with E-state index in [9.17, 15) is 0 Å². The van der Waals surface area contributed by atoms with Gasteiger partial charge in [-0.05, 0) is 218 Å². The third kappa shape index (κ3) is 20.6. The summed E-state index contributed by atoms with van der Waals surface area (Å²) in [5, 5.41) is 0. The molecular formula is C71H130. The smallest absolute Gasteiger partial charge is 0.00101 e. The summed E-state index contributed by atoms with van der Waals surface area (Å²) in [4.78, 5) is 0. The van der Waals surface area contributed by atoms with E-state index in [-0.39, 0.29) is 14.9 Å². The standard InChI is InChI=1S/C65H110.2C2H6.2CH4/c1-8-26-49(10-3)44-50(11-4)45-65(63(56-30-17-15-18-31-56)43-42-54(14-7)59-41-40-55-29-21-22-34-58(55)47-59)62-37-24-23-35-60(62)48-61-39-38-51(46-64(61)57-32-19-16-20-33-57)28-25-36-53(13-6)52(12-5)27-9-2;2*1-2;;/h9,22,27,34-35,45,49-51,54-59,61-64H,8,10-21,23-26,28-33,36-44,46-48H2,1-7H3;2*1-2H3;2*1H4/b27-9-,53-52+,65-45?;;;;. The Kier molecular flexibility index (Phi) is 35.5. The molecule has 6 aliphatic rings. The van der Waals surface area contributed by atoms with E-state index in [0.717, 1.165) is 76.9 Å². The van der Waals surface area contributed by atoms with Gasteiger partial charge < -0.3 is 0 Å². The Balaban J connectivity index is 0.00000281. The summed E-state index contributed by atoms with van der Waals surface area (Å²) in [5.74, 6) is 11.7. The highest BCUT2D eigenvalue weighted by Crippen LogP contribution is 2.52. The van der Waals surface area contributed by atoms with Crippen molar-refractivity contribution in [1.29, 1.82) is 0 Å². The molecule has 0 amide bonds. The number of rotatable bonds is 25. The molecule has 11 unspecified atom stereocenters. The molecule has 0 heteroatoms. The molecule has 6 aliphatic carbocycles. The van der Waals surface area contributed by atoms with E-state index in [1.54, 1.807) is 17.6 Å². The zero-order valence-electron chi connectivity index (χ0n) is 48.7. The fourth-order valence-corrected chi connectivity index (χ4v) is 16.4. The molecule has 0 aromatic rings. The third-order valence-electron chi connectivity index (χ3n) is 20.3. The fourth-order valence-electron chi connectivity index (χ4n) is 16.4. The van der Waals surface area contributed by atoms with Crippen molar-refractivity contribution in [1.82, 2.24) is 0 Å². The predicted octanol–water partition coefficient (Wildman–Crippen LogP) is 24.5. The zero-order valence-corrected chi connectivity index (χ0v) is 48.7. The van der Waals surface area contributed by atoms with Gasteiger partial charge in [-0.15, -0.1) is 0 Å². The molecule has 0 radical (unpaired) electrons. The minimum absolute atomic E-state index is 0. The summed E-state index contributed by atoms with van der Waals surface area (Å²) in [6.07, 6.45) is 66.4. The maximum atomic E-state index is 3.09. The molecule has 0 aromatic heterocycles. The molecule has 0 spiro atoms. The molecule has 4 saturated carbocycles. The van der Waals surface area contributed by atoms with Gasteiger partial charge in [0.25, 0.3) is 0 Å². The normalized spacial score (nSPS) is 28.5. The van der Waals surface area contributed by atoms with E-state index < -0.39 is 0 Å². The largest absolute Gasteiger partial charge is 0.0882 e. The van der Waals surface area contributed by atoms with Crippen LogP contribution in [-0.2, 0) is 0 Å². The third-order valence-corrected chi connectivity index (χ3v) is 20.3. The molecule has 11 atom stereocenters. The van der Waals surface area contributed by atoms with Gasteiger partial charge in [-0.3, -0.25) is 0 Å². The van der Waals surface area contributed by atoms with E-state index in [1.807, 2.05) is 38.8 Å². The highest BCUT2D eigenvalue weighted by atomic mass is 14.5. The first-order valence-electron chi connectivity index (χ1n) is 32.3. The Hall–Kier alpha value is -1.30. The van der Waals surface area contributed by atoms with Crippen LogP contribution >= 0.6 is 0 Å². The number of fused-ring (bicyclic) bond motifs is 1. The van der Waals surface area contributed by atoms with Crippen LogP contribution in [0.25, 0.3) is 0 Å². The summed E-state index contributed by atoms with van der Waals surface area (Å²) in [5.41, 5.74) is 7.35. The van der Waals surface area contributed by atoms with E-state index >= 15 is 0 Å². The molecule has 0 aliphatic heterocycles. The van der Waals surface area contributed by atoms with Crippen molar-refractivity contribution in [2.75, 3.05) is 0 Å². The van der Waals surface area contributed by atoms with Gasteiger partial charge in [0.15, 0.2) is 0 Å². The monoisotopic (exact) mass is 983 g/mol. The van der Waals surface area contributed by atoms with Crippen molar-refractivity contribution in [3.05, 3.63) is 58.7 Å². The number of hydrogen-bond acceptors (Lipinski definition) is 0. The highest BCUT2D eigenvalue weighted by Gasteiger charge is 2.40. The van der Waals surface area contributed by atoms with Crippen LogP contribution in [0, 0.1) is 76.9 Å². The molecule has 0 heterocycles. The van der Waals surface area contributed by atoms with Gasteiger partial charge in [0, 0.05) is 5.92 Å². The van der Waals surface area contributed by atoms with Gasteiger partial charge >= 0.3 is 0 Å². The van der Waals surface area contributed by atoms with Crippen molar-refractivity contribution < 1.29 is 0 Å². The van der Waals surface area contributed by atoms with E-state index in [2.05, 4.69) is 84.9 Å². The quantitative estimate of drug-likeness (QED) is 0.0632. The number of hydrogen-bond donors (Lipinski definition) is 0. The Labute approximate surface area is 449 Å². The molecular weight excluding hydrogens is 853 g/mol. The van der Waals surface area contributed by atoms with Crippen molar-refractivity contribution >= 4 is 0 Å². The van der Waals surface area contributed by atoms with Crippen molar-refractivity contribution in [3.63, 3.8) is 0 Å². The summed E-state index contributed by atoms with van der Waals surface area (Å²) in [6, 6.07) is 0. The molecule has 0 bridgehead atoms. The Morgan fingerprint density at radius 2 is 1.39 bits per heavy atom. The van der Waals surface area contributed by atoms with Gasteiger partial charge in [-0.1, -0.05) is 227 Å². The van der Waals surface area contributed by atoms with Crippen LogP contribution in [0.2, 0.25) is 0 Å². The van der Waals surface area contributed by atoms with Gasteiger partial charge in [0.2, 0.25) is 0 Å². The van der Waals surface area contributed by atoms with E-state index in [4.69, 9.17) is 0 Å². The maximum absolute atomic E-state index is 3.09. The first kappa shape index (κ1) is 65.8. The summed E-state index contributed by atoms with van der Waals surface area (Å²) < 4.78 is 0. The van der Waals surface area contributed by atoms with Crippen LogP contribution in [0.4, 0.5) is 0 Å². The van der Waals surface area contributed by atoms with Crippen molar-refractivity contribution in [2.24, 2.45) is 76.9 Å². The van der Waals surface area contributed by atoms with Crippen LogP contribution in [0.1, 0.15) is 316 Å². The molecule has 0 saturated heterocycles. The second kappa shape index (κ2) is 38.3. The average molecular weight is 984 g/mol. The molecule has 6 rings (SSSR count). The molecule has 71 heavy (non-hydrogen) atoms. The zero-order chi connectivity index (χ0) is 49.8. The van der Waals surface area contributed by atoms with Crippen LogP contribution in [0.3, 0.4) is 0 Å². The lowest BCUT2D eigenvalue weighted by molar-refractivity contribution is 0.0900. The fraction of sp³-hybridized carbons (Fsp3) is 0.859. The highest BCUT2D eigenvalue weighted by molar-refractivity contribution is 5.28. The molecule has 4 fully saturated rings. The summed E-state index contributed by atoms with van der Waals surface area (Å²) >= 11 is 0. The lowest BCUT2D eigenvalue weighted by Crippen LogP contribution is -2.34. The first-order chi connectivity index (χ1) is 33.9. The topological polar surface area (TPSA) is 0 Å². The van der Waals surface area contributed by atoms with Gasteiger partial charge in [-0.2, -0.15) is 0 Å². The SMILES string of the molecule is C.C.C/C=C\C(CC)=C(/CC)CCCC1CCC(CC2=CCCCC2C(=CC(CC)CC(CC)CCC)C(CCC(CC)C2CCC3CCC=CC3C2)C2CCCCC2)C(C2CCCCC2)C1.CC.CC. The molecule has 414 valence electrons. The molecule has 0 aromatic carbocycles. The van der Waals surface area contributed by atoms with E-state index in [0.29, 0.717) is 0 Å². The van der Waals surface area contributed by atoms with Gasteiger partial charge in [0.05, 0.1) is 0 Å². The van der Waals surface area contributed by atoms with Crippen molar-refractivity contribution in [2.45, 2.75) is 316 Å². The van der Waals surface area contributed by atoms with E-state index in [1.165, 1.54) is 218 Å². The van der Waals surface area contributed by atoms with Crippen LogP contribution < -0.4 is 0 Å². The van der Waals surface area contributed by atoms with Crippen LogP contribution in [-0.4, -0.2) is 0 Å². The summed E-state index contributed by atoms with van der Waals surface area (Å²) in [7, 11) is 0. The van der Waals surface area contributed by atoms with Crippen LogP contribution in [0.15, 0.2) is 58.7 Å². The second-order valence-corrected chi connectivity index (χ2v) is 24.1. The number of allylic oxidation sites excluding steroid dienone is 10. The van der Waals surface area contributed by atoms with Gasteiger partial charge in [0.1, 0.15) is 0 Å². The minimum Gasteiger partial charge on any atom is -0.0882 e. The summed E-state index contributed by atoms with van der Waals surface area (Å²) in [6.45, 7) is 25.0. The Morgan fingerprint density at radius 3 is 2.04 bits per heavy atom. The lowest BCUT2D eigenvalue weighted by Gasteiger charge is -2.45. The minimum atomic E-state index is 0.